The number of hydrogen-bond acceptors (Lipinski definition) is 5. The molecule has 1 aromatic rings. The maximum Gasteiger partial charge on any atom is 0.306 e. The smallest absolute Gasteiger partial charge is 0.306 e. The topological polar surface area (TPSA) is 81.4 Å². The van der Waals surface area contributed by atoms with Crippen LogP contribution in [-0.2, 0) is 14.3 Å². The number of aryl methyl sites for hydroxylation is 1. The predicted octanol–water partition coefficient (Wildman–Crippen LogP) is 3.46. The average Bonchev–Trinajstić information content (AvgIpc) is 3.14. The van der Waals surface area contributed by atoms with Gasteiger partial charge < -0.3 is 14.6 Å². The Labute approximate surface area is 136 Å². The van der Waals surface area contributed by atoms with Crippen LogP contribution in [0, 0.1) is 18.8 Å². The summed E-state index contributed by atoms with van der Waals surface area (Å²) in [6, 6.07) is 1.62. The minimum absolute atomic E-state index is 0.113. The SMILES string of the molecule is Cc1cc(NC(=O)[C@@H](OC(=O)CCC2CCCC2)C(C)C)no1. The van der Waals surface area contributed by atoms with Crippen molar-refractivity contribution in [1.82, 2.24) is 5.16 Å². The minimum Gasteiger partial charge on any atom is -0.452 e. The number of nitrogens with zero attached hydrogens (tertiary/aromatic N) is 1. The van der Waals surface area contributed by atoms with E-state index in [0.717, 1.165) is 6.42 Å². The maximum atomic E-state index is 12.3. The molecule has 1 amide bonds. The van der Waals surface area contributed by atoms with Crippen molar-refractivity contribution in [2.75, 3.05) is 5.32 Å². The Morgan fingerprint density at radius 1 is 1.39 bits per heavy atom. The van der Waals surface area contributed by atoms with E-state index in [9.17, 15) is 9.59 Å². The normalized spacial score (nSPS) is 16.5. The van der Waals surface area contributed by atoms with E-state index in [1.54, 1.807) is 13.0 Å². The molecule has 6 heteroatoms. The van der Waals surface area contributed by atoms with E-state index in [4.69, 9.17) is 9.26 Å². The molecule has 2 rings (SSSR count). The summed E-state index contributed by atoms with van der Waals surface area (Å²) < 4.78 is 10.3. The van der Waals surface area contributed by atoms with E-state index in [-0.39, 0.29) is 17.8 Å². The van der Waals surface area contributed by atoms with Crippen LogP contribution in [0.2, 0.25) is 0 Å². The highest BCUT2D eigenvalue weighted by atomic mass is 16.5. The summed E-state index contributed by atoms with van der Waals surface area (Å²) in [5.41, 5.74) is 0. The molecule has 1 N–H and O–H groups in total. The molecule has 0 bridgehead atoms. The highest BCUT2D eigenvalue weighted by Crippen LogP contribution is 2.28. The van der Waals surface area contributed by atoms with Gasteiger partial charge in [0.2, 0.25) is 0 Å². The fourth-order valence-corrected chi connectivity index (χ4v) is 2.94. The predicted molar refractivity (Wildman–Crippen MR) is 85.8 cm³/mol. The molecule has 0 spiro atoms. The molecular weight excluding hydrogens is 296 g/mol. The Kier molecular flexibility index (Phi) is 6.19. The Bertz CT molecular complexity index is 532. The second kappa shape index (κ2) is 8.13. The molecule has 128 valence electrons. The molecule has 1 aliphatic rings. The van der Waals surface area contributed by atoms with Crippen molar-refractivity contribution in [3.8, 4) is 0 Å². The zero-order valence-corrected chi connectivity index (χ0v) is 14.1. The van der Waals surface area contributed by atoms with Gasteiger partial charge in [-0.2, -0.15) is 0 Å². The molecule has 1 aliphatic carbocycles. The van der Waals surface area contributed by atoms with Gasteiger partial charge in [0.05, 0.1) is 0 Å². The summed E-state index contributed by atoms with van der Waals surface area (Å²) in [6.45, 7) is 5.44. The molecule has 1 atom stereocenters. The number of anilines is 1. The van der Waals surface area contributed by atoms with Crippen molar-refractivity contribution < 1.29 is 18.8 Å². The molecule has 0 saturated heterocycles. The van der Waals surface area contributed by atoms with Crippen molar-refractivity contribution >= 4 is 17.7 Å². The molecule has 1 aromatic heterocycles. The van der Waals surface area contributed by atoms with E-state index in [2.05, 4.69) is 10.5 Å². The van der Waals surface area contributed by atoms with Gasteiger partial charge in [-0.1, -0.05) is 44.7 Å². The minimum atomic E-state index is -0.817. The quantitative estimate of drug-likeness (QED) is 0.777. The number of carbonyl (C=O) groups excluding carboxylic acids is 2. The van der Waals surface area contributed by atoms with Crippen molar-refractivity contribution in [2.24, 2.45) is 11.8 Å². The van der Waals surface area contributed by atoms with Crippen LogP contribution < -0.4 is 5.32 Å². The molecule has 0 unspecified atom stereocenters. The Morgan fingerprint density at radius 2 is 2.09 bits per heavy atom. The first-order valence-corrected chi connectivity index (χ1v) is 8.39. The lowest BCUT2D eigenvalue weighted by Crippen LogP contribution is -2.36. The van der Waals surface area contributed by atoms with Crippen LogP contribution in [0.15, 0.2) is 10.6 Å². The average molecular weight is 322 g/mol. The van der Waals surface area contributed by atoms with Crippen molar-refractivity contribution in [3.63, 3.8) is 0 Å². The second-order valence-electron chi connectivity index (χ2n) is 6.66. The zero-order chi connectivity index (χ0) is 16.8. The first kappa shape index (κ1) is 17.5. The van der Waals surface area contributed by atoms with E-state index in [0.29, 0.717) is 23.9 Å². The molecule has 1 saturated carbocycles. The van der Waals surface area contributed by atoms with Crippen LogP contribution in [0.5, 0.6) is 0 Å². The summed E-state index contributed by atoms with van der Waals surface area (Å²) >= 11 is 0. The highest BCUT2D eigenvalue weighted by molar-refractivity contribution is 5.94. The zero-order valence-electron chi connectivity index (χ0n) is 14.1. The number of amides is 1. The Hall–Kier alpha value is -1.85. The largest absolute Gasteiger partial charge is 0.452 e. The number of esters is 1. The monoisotopic (exact) mass is 322 g/mol. The van der Waals surface area contributed by atoms with Crippen LogP contribution in [0.1, 0.15) is 58.1 Å². The fourth-order valence-electron chi connectivity index (χ4n) is 2.94. The van der Waals surface area contributed by atoms with Gasteiger partial charge in [0.1, 0.15) is 5.76 Å². The molecule has 1 heterocycles. The summed E-state index contributed by atoms with van der Waals surface area (Å²) in [6.07, 6.45) is 5.34. The standard InChI is InChI=1S/C17H26N2O4/c1-11(2)16(17(21)18-14-10-12(3)23-19-14)22-15(20)9-8-13-6-4-5-7-13/h10-11,13,16H,4-9H2,1-3H3,(H,18,19,21)/t16-/m0/s1. The van der Waals surface area contributed by atoms with Crippen molar-refractivity contribution in [3.05, 3.63) is 11.8 Å². The third-order valence-corrected chi connectivity index (χ3v) is 4.23. The van der Waals surface area contributed by atoms with Crippen LogP contribution in [0.3, 0.4) is 0 Å². The Morgan fingerprint density at radius 3 is 2.65 bits per heavy atom. The molecule has 1 fully saturated rings. The van der Waals surface area contributed by atoms with Gasteiger partial charge in [0.25, 0.3) is 5.91 Å². The lowest BCUT2D eigenvalue weighted by Gasteiger charge is -2.20. The summed E-state index contributed by atoms with van der Waals surface area (Å²) in [5.74, 6) is 0.783. The molecule has 0 radical (unpaired) electrons. The molecular formula is C17H26N2O4. The lowest BCUT2D eigenvalue weighted by atomic mass is 10.0. The van der Waals surface area contributed by atoms with Crippen molar-refractivity contribution in [2.45, 2.75) is 65.4 Å². The van der Waals surface area contributed by atoms with E-state index >= 15 is 0 Å². The molecule has 6 nitrogen and oxygen atoms in total. The van der Waals surface area contributed by atoms with Gasteiger partial charge in [0.15, 0.2) is 11.9 Å². The van der Waals surface area contributed by atoms with Crippen LogP contribution in [0.4, 0.5) is 5.82 Å². The molecule has 0 aromatic carbocycles. The highest BCUT2D eigenvalue weighted by Gasteiger charge is 2.27. The third kappa shape index (κ3) is 5.37. The van der Waals surface area contributed by atoms with Gasteiger partial charge >= 0.3 is 5.97 Å². The molecule has 23 heavy (non-hydrogen) atoms. The lowest BCUT2D eigenvalue weighted by molar-refractivity contribution is -0.157. The van der Waals surface area contributed by atoms with E-state index in [1.807, 2.05) is 13.8 Å². The van der Waals surface area contributed by atoms with Crippen molar-refractivity contribution in [1.29, 1.82) is 0 Å². The summed E-state index contributed by atoms with van der Waals surface area (Å²) in [5, 5.41) is 6.34. The van der Waals surface area contributed by atoms with Gasteiger partial charge in [-0.25, -0.2) is 0 Å². The fraction of sp³-hybridized carbons (Fsp3) is 0.706. The molecule has 0 aliphatic heterocycles. The second-order valence-corrected chi connectivity index (χ2v) is 6.66. The van der Waals surface area contributed by atoms with E-state index < -0.39 is 6.10 Å². The maximum absolute atomic E-state index is 12.3. The van der Waals surface area contributed by atoms with Crippen LogP contribution in [0.25, 0.3) is 0 Å². The number of hydrogen-bond donors (Lipinski definition) is 1. The van der Waals surface area contributed by atoms with Gasteiger partial charge in [-0.3, -0.25) is 9.59 Å². The number of aromatic nitrogens is 1. The Balaban J connectivity index is 1.84. The summed E-state index contributed by atoms with van der Waals surface area (Å²) in [4.78, 5) is 24.3. The van der Waals surface area contributed by atoms with Gasteiger partial charge in [-0.15, -0.1) is 0 Å². The number of nitrogens with one attached hydrogen (secondary N) is 1. The third-order valence-electron chi connectivity index (χ3n) is 4.23. The summed E-state index contributed by atoms with van der Waals surface area (Å²) in [7, 11) is 0. The first-order chi connectivity index (χ1) is 11.0. The first-order valence-electron chi connectivity index (χ1n) is 8.39. The number of carbonyl (C=O) groups is 2. The van der Waals surface area contributed by atoms with Gasteiger partial charge in [-0.05, 0) is 25.2 Å². The van der Waals surface area contributed by atoms with E-state index in [1.165, 1.54) is 25.7 Å². The van der Waals surface area contributed by atoms with Gasteiger partial charge in [0, 0.05) is 12.5 Å². The number of rotatable bonds is 7. The number of ether oxygens (including phenoxy) is 1. The van der Waals surface area contributed by atoms with Crippen LogP contribution >= 0.6 is 0 Å². The van der Waals surface area contributed by atoms with Crippen LogP contribution in [-0.4, -0.2) is 23.1 Å².